The first-order valence-electron chi connectivity index (χ1n) is 8.97. The second kappa shape index (κ2) is 8.76. The molecule has 0 bridgehead atoms. The average molecular weight is 422 g/mol. The Labute approximate surface area is 160 Å². The summed E-state index contributed by atoms with van der Waals surface area (Å²) in [7, 11) is -5.03. The van der Waals surface area contributed by atoms with Gasteiger partial charge in [0, 0.05) is 15.8 Å². The molecule has 5 nitrogen and oxygen atoms in total. The molecule has 148 valence electrons. The summed E-state index contributed by atoms with van der Waals surface area (Å²) in [5.41, 5.74) is 0.433. The van der Waals surface area contributed by atoms with Crippen LogP contribution < -0.4 is 5.32 Å². The topological polar surface area (TPSA) is 56.8 Å². The van der Waals surface area contributed by atoms with Gasteiger partial charge in [-0.15, -0.1) is 0 Å². The van der Waals surface area contributed by atoms with Crippen molar-refractivity contribution in [2.45, 2.75) is 83.9 Å². The predicted octanol–water partition coefficient (Wildman–Crippen LogP) is 3.04. The monoisotopic (exact) mass is 421 g/mol. The number of carbonyl (C=O) groups is 1. The molecule has 0 heterocycles. The zero-order chi connectivity index (χ0) is 20.3. The molecule has 0 saturated carbocycles. The predicted molar refractivity (Wildman–Crippen MR) is 118 cm³/mol. The highest BCUT2D eigenvalue weighted by Gasteiger charge is 2.49. The molecule has 0 saturated heterocycles. The average Bonchev–Trinajstić information content (AvgIpc) is 2.29. The van der Waals surface area contributed by atoms with Crippen LogP contribution in [-0.4, -0.2) is 53.1 Å². The molecule has 0 rings (SSSR count). The van der Waals surface area contributed by atoms with E-state index in [0.717, 1.165) is 16.3 Å². The second-order valence-electron chi connectivity index (χ2n) is 9.46. The molecule has 0 aliphatic heterocycles. The molecule has 0 radical (unpaired) electrons. The first-order valence-corrected chi connectivity index (χ1v) is 20.6. The fraction of sp³-hybridized carbons (Fsp3) is 0.812. The van der Waals surface area contributed by atoms with Crippen molar-refractivity contribution in [3.05, 3.63) is 12.2 Å². The lowest BCUT2D eigenvalue weighted by Crippen LogP contribution is -2.68. The van der Waals surface area contributed by atoms with Crippen molar-refractivity contribution in [1.29, 1.82) is 0 Å². The van der Waals surface area contributed by atoms with Gasteiger partial charge in [-0.2, -0.15) is 0 Å². The van der Waals surface area contributed by atoms with Gasteiger partial charge >= 0.3 is 0 Å². The number of rotatable bonds is 10. The molecule has 1 unspecified atom stereocenters. The van der Waals surface area contributed by atoms with Crippen LogP contribution in [0.1, 0.15) is 6.92 Å². The van der Waals surface area contributed by atoms with Crippen molar-refractivity contribution < 1.29 is 18.1 Å². The number of hydrogen-bond acceptors (Lipinski definition) is 4. The Morgan fingerprint density at radius 2 is 1.40 bits per heavy atom. The highest BCUT2D eigenvalue weighted by molar-refractivity contribution is 6.71. The standard InChI is InChI=1S/C16H39NO4Si4/c1-13(2)15(18)17-16(20-24(6,7)8,21-25(9,10)11)14(12-22)19-23(3,4)5/h14H,1,12H2,2-11,22H3,(H,17,18). The lowest BCUT2D eigenvalue weighted by atomic mass is 10.2. The van der Waals surface area contributed by atoms with Crippen LogP contribution in [0.5, 0.6) is 0 Å². The van der Waals surface area contributed by atoms with Crippen LogP contribution in [0, 0.1) is 0 Å². The van der Waals surface area contributed by atoms with Crippen molar-refractivity contribution in [2.75, 3.05) is 0 Å². The molecule has 0 aliphatic rings. The van der Waals surface area contributed by atoms with Gasteiger partial charge in [0.25, 0.3) is 5.91 Å². The molecule has 9 heteroatoms. The Kier molecular flexibility index (Phi) is 8.75. The summed E-state index contributed by atoms with van der Waals surface area (Å²) >= 11 is 0. The third-order valence-corrected chi connectivity index (χ3v) is 6.45. The zero-order valence-corrected chi connectivity index (χ0v) is 23.1. The van der Waals surface area contributed by atoms with E-state index in [0.29, 0.717) is 5.57 Å². The molecule has 25 heavy (non-hydrogen) atoms. The lowest BCUT2D eigenvalue weighted by Gasteiger charge is -2.48. The van der Waals surface area contributed by atoms with Gasteiger partial charge in [-0.1, -0.05) is 6.58 Å². The summed E-state index contributed by atoms with van der Waals surface area (Å²) in [5, 5.41) is 3.02. The van der Waals surface area contributed by atoms with Gasteiger partial charge < -0.3 is 18.6 Å². The van der Waals surface area contributed by atoms with Crippen LogP contribution in [0.25, 0.3) is 0 Å². The van der Waals surface area contributed by atoms with E-state index in [1.165, 1.54) is 0 Å². The van der Waals surface area contributed by atoms with Gasteiger partial charge in [0.1, 0.15) is 6.10 Å². The highest BCUT2D eigenvalue weighted by atomic mass is 28.4. The number of amides is 1. The molecule has 0 fully saturated rings. The maximum Gasteiger partial charge on any atom is 0.258 e. The molecule has 0 aliphatic carbocycles. The summed E-state index contributed by atoms with van der Waals surface area (Å²) in [6.07, 6.45) is -0.312. The van der Waals surface area contributed by atoms with E-state index in [9.17, 15) is 4.79 Å². The van der Waals surface area contributed by atoms with Crippen LogP contribution in [-0.2, 0) is 18.1 Å². The minimum absolute atomic E-state index is 0.254. The van der Waals surface area contributed by atoms with Crippen molar-refractivity contribution in [3.8, 4) is 0 Å². The minimum Gasteiger partial charge on any atom is -0.407 e. The summed E-state index contributed by atoms with van der Waals surface area (Å²) in [6, 6.07) is 0.815. The molecule has 0 aromatic heterocycles. The number of carbonyl (C=O) groups excluding carboxylic acids is 1. The zero-order valence-electron chi connectivity index (χ0n) is 18.1. The molecule has 1 N–H and O–H groups in total. The van der Waals surface area contributed by atoms with Crippen molar-refractivity contribution in [3.63, 3.8) is 0 Å². The Hall–Kier alpha value is -0.0425. The first kappa shape index (κ1) is 25.0. The van der Waals surface area contributed by atoms with Crippen molar-refractivity contribution in [2.24, 2.45) is 0 Å². The lowest BCUT2D eigenvalue weighted by molar-refractivity contribution is -0.207. The van der Waals surface area contributed by atoms with Gasteiger partial charge in [-0.25, -0.2) is 0 Å². The third kappa shape index (κ3) is 10.0. The Morgan fingerprint density at radius 1 is 1.00 bits per heavy atom. The fourth-order valence-electron chi connectivity index (χ4n) is 2.31. The Balaban J connectivity index is 6.20. The number of nitrogens with one attached hydrogen (secondary N) is 1. The van der Waals surface area contributed by atoms with E-state index in [1.54, 1.807) is 6.92 Å². The second-order valence-corrected chi connectivity index (χ2v) is 23.6. The van der Waals surface area contributed by atoms with Crippen LogP contribution in [0.2, 0.25) is 65.0 Å². The van der Waals surface area contributed by atoms with Crippen LogP contribution >= 0.6 is 0 Å². The highest BCUT2D eigenvalue weighted by Crippen LogP contribution is 2.31. The van der Waals surface area contributed by atoms with E-state index in [-0.39, 0.29) is 12.0 Å². The maximum atomic E-state index is 12.5. The van der Waals surface area contributed by atoms with E-state index in [1.807, 2.05) is 0 Å². The molecular weight excluding hydrogens is 383 g/mol. The Morgan fingerprint density at radius 3 is 1.64 bits per heavy atom. The van der Waals surface area contributed by atoms with Crippen LogP contribution in [0.15, 0.2) is 12.2 Å². The summed E-state index contributed by atoms with van der Waals surface area (Å²) in [5.74, 6) is -1.50. The van der Waals surface area contributed by atoms with Gasteiger partial charge in [0.05, 0.1) is 0 Å². The van der Waals surface area contributed by atoms with Gasteiger partial charge in [-0.3, -0.25) is 4.79 Å². The fourth-order valence-corrected chi connectivity index (χ4v) is 6.88. The van der Waals surface area contributed by atoms with E-state index >= 15 is 0 Å². The normalized spacial score (nSPS) is 15.1. The first-order chi connectivity index (χ1) is 10.9. The molecule has 0 aromatic carbocycles. The van der Waals surface area contributed by atoms with Gasteiger partial charge in [0.2, 0.25) is 5.91 Å². The Bertz CT molecular complexity index is 462. The largest absolute Gasteiger partial charge is 0.407 e. The third-order valence-electron chi connectivity index (χ3n) is 2.88. The van der Waals surface area contributed by atoms with Crippen LogP contribution in [0.4, 0.5) is 0 Å². The van der Waals surface area contributed by atoms with Crippen molar-refractivity contribution >= 4 is 41.1 Å². The maximum absolute atomic E-state index is 12.5. The molecular formula is C16H39NO4Si4. The SMILES string of the molecule is C=C(C)C(=O)NC(O[Si](C)(C)C)(O[Si](C)(C)C)C(C[SiH3])O[Si](C)(C)C. The molecule has 0 spiro atoms. The summed E-state index contributed by atoms with van der Waals surface area (Å²) < 4.78 is 19.5. The summed E-state index contributed by atoms with van der Waals surface area (Å²) in [6.45, 7) is 24.5. The van der Waals surface area contributed by atoms with Gasteiger partial charge in [-0.05, 0) is 71.9 Å². The molecule has 1 atom stereocenters. The van der Waals surface area contributed by atoms with E-state index < -0.39 is 30.9 Å². The quantitative estimate of drug-likeness (QED) is 0.335. The van der Waals surface area contributed by atoms with E-state index in [4.69, 9.17) is 13.3 Å². The summed E-state index contributed by atoms with van der Waals surface area (Å²) in [4.78, 5) is 12.5. The van der Waals surface area contributed by atoms with Gasteiger partial charge in [0.15, 0.2) is 25.0 Å². The minimum atomic E-state index is -2.04. The smallest absolute Gasteiger partial charge is 0.258 e. The van der Waals surface area contributed by atoms with Crippen molar-refractivity contribution in [1.82, 2.24) is 5.32 Å². The molecule has 0 aromatic rings. The number of hydrogen-bond donors (Lipinski definition) is 1. The van der Waals surface area contributed by atoms with E-state index in [2.05, 4.69) is 70.8 Å². The van der Waals surface area contributed by atoms with Crippen LogP contribution in [0.3, 0.4) is 0 Å². The molecule has 1 amide bonds.